The highest BCUT2D eigenvalue weighted by Gasteiger charge is 2.39. The monoisotopic (exact) mass is 412 g/mol. The second kappa shape index (κ2) is 9.34. The van der Waals surface area contributed by atoms with Crippen LogP contribution in [0.4, 0.5) is 0 Å². The van der Waals surface area contributed by atoms with Gasteiger partial charge < -0.3 is 10.1 Å². The van der Waals surface area contributed by atoms with Crippen LogP contribution in [-0.4, -0.2) is 49.1 Å². The van der Waals surface area contributed by atoms with E-state index in [1.54, 1.807) is 0 Å². The maximum atomic E-state index is 12.6. The summed E-state index contributed by atoms with van der Waals surface area (Å²) < 4.78 is 5.06. The van der Waals surface area contributed by atoms with Crippen molar-refractivity contribution in [3.8, 4) is 0 Å². The number of nitrogens with zero attached hydrogens (tertiary/aromatic N) is 1. The van der Waals surface area contributed by atoms with E-state index in [2.05, 4.69) is 31.0 Å². The van der Waals surface area contributed by atoms with Crippen molar-refractivity contribution in [1.82, 2.24) is 10.2 Å². The van der Waals surface area contributed by atoms with E-state index in [0.29, 0.717) is 18.5 Å². The average molecular weight is 413 g/mol. The number of methoxy groups -OCH3 is 1. The van der Waals surface area contributed by atoms with Gasteiger partial charge in [-0.3, -0.25) is 14.5 Å². The van der Waals surface area contributed by atoms with E-state index in [-0.39, 0.29) is 29.4 Å². The van der Waals surface area contributed by atoms with Crippen LogP contribution in [0.1, 0.15) is 68.8 Å². The fourth-order valence-corrected chi connectivity index (χ4v) is 5.09. The third-order valence-corrected chi connectivity index (χ3v) is 6.86. The molecule has 2 atom stereocenters. The fraction of sp³-hybridized carbons (Fsp3) is 0.600. The van der Waals surface area contributed by atoms with Crippen LogP contribution < -0.4 is 5.32 Å². The largest absolute Gasteiger partial charge is 0.468 e. The third kappa shape index (κ3) is 5.12. The topological polar surface area (TPSA) is 58.6 Å². The number of rotatable bonds is 6. The van der Waals surface area contributed by atoms with E-state index in [1.165, 1.54) is 37.5 Å². The van der Waals surface area contributed by atoms with Gasteiger partial charge >= 0.3 is 5.97 Å². The number of carbonyl (C=O) groups is 2. The Balaban J connectivity index is 1.66. The normalized spacial score (nSPS) is 24.0. The van der Waals surface area contributed by atoms with Crippen LogP contribution in [0.2, 0.25) is 0 Å². The van der Waals surface area contributed by atoms with Gasteiger partial charge in [0.1, 0.15) is 6.04 Å². The molecule has 5 heteroatoms. The Hall–Kier alpha value is -2.14. The van der Waals surface area contributed by atoms with Crippen LogP contribution in [0.5, 0.6) is 0 Å². The van der Waals surface area contributed by atoms with Crippen molar-refractivity contribution in [2.75, 3.05) is 20.2 Å². The number of benzene rings is 1. The van der Waals surface area contributed by atoms with Crippen LogP contribution >= 0.6 is 0 Å². The standard InChI is InChI=1S/C25H36N2O3/c1-17-8-10-19(11-9-17)23(28)26-20-15-22(24(29)30-5)27(16-20)14-12-21-18(2)7-6-13-25(21,3)4/h8-11,20,22H,6-7,12-16H2,1-5H3,(H,26,28)/t20-,22+/m1/s1. The summed E-state index contributed by atoms with van der Waals surface area (Å²) in [6.07, 6.45) is 5.20. The maximum Gasteiger partial charge on any atom is 0.323 e. The molecule has 0 spiro atoms. The molecule has 1 heterocycles. The number of aryl methyl sites for hydroxylation is 1. The SMILES string of the molecule is COC(=O)[C@@H]1C[C@@H](NC(=O)c2ccc(C)cc2)CN1CCC1=C(C)CCCC1(C)C. The first-order chi connectivity index (χ1) is 14.2. The Bertz CT molecular complexity index is 810. The lowest BCUT2D eigenvalue weighted by atomic mass is 9.71. The zero-order chi connectivity index (χ0) is 21.9. The van der Waals surface area contributed by atoms with E-state index in [0.717, 1.165) is 18.5 Å². The molecule has 30 heavy (non-hydrogen) atoms. The summed E-state index contributed by atoms with van der Waals surface area (Å²) in [6.45, 7) is 10.4. The highest BCUT2D eigenvalue weighted by atomic mass is 16.5. The molecular formula is C25H36N2O3. The van der Waals surface area contributed by atoms with Gasteiger partial charge in [0, 0.05) is 24.7 Å². The lowest BCUT2D eigenvalue weighted by Gasteiger charge is -2.36. The average Bonchev–Trinajstić information content (AvgIpc) is 3.09. The lowest BCUT2D eigenvalue weighted by molar-refractivity contribution is -0.145. The number of amides is 1. The highest BCUT2D eigenvalue weighted by Crippen LogP contribution is 2.42. The molecule has 2 aliphatic rings. The van der Waals surface area contributed by atoms with Crippen molar-refractivity contribution in [2.45, 2.75) is 71.9 Å². The second-order valence-corrected chi connectivity index (χ2v) is 9.55. The number of esters is 1. The van der Waals surface area contributed by atoms with Gasteiger partial charge in [-0.25, -0.2) is 0 Å². The molecule has 5 nitrogen and oxygen atoms in total. The van der Waals surface area contributed by atoms with E-state index in [9.17, 15) is 9.59 Å². The molecule has 0 radical (unpaired) electrons. The number of allylic oxidation sites excluding steroid dienone is 1. The zero-order valence-electron chi connectivity index (χ0n) is 19.1. The number of hydrogen-bond donors (Lipinski definition) is 1. The van der Waals surface area contributed by atoms with Crippen LogP contribution in [0.25, 0.3) is 0 Å². The van der Waals surface area contributed by atoms with Crippen molar-refractivity contribution < 1.29 is 14.3 Å². The molecule has 1 fully saturated rings. The Labute approximate surface area is 180 Å². The van der Waals surface area contributed by atoms with Gasteiger partial charge in [0.15, 0.2) is 0 Å². The summed E-state index contributed by atoms with van der Waals surface area (Å²) in [5.41, 5.74) is 5.04. The zero-order valence-corrected chi connectivity index (χ0v) is 19.1. The molecule has 0 aromatic heterocycles. The number of hydrogen-bond acceptors (Lipinski definition) is 4. The molecule has 1 amide bonds. The highest BCUT2D eigenvalue weighted by molar-refractivity contribution is 5.94. The van der Waals surface area contributed by atoms with Gasteiger partial charge in [0.2, 0.25) is 0 Å². The minimum absolute atomic E-state index is 0.0580. The fourth-order valence-electron chi connectivity index (χ4n) is 5.09. The van der Waals surface area contributed by atoms with Crippen molar-refractivity contribution in [2.24, 2.45) is 5.41 Å². The van der Waals surface area contributed by atoms with Gasteiger partial charge in [-0.05, 0) is 63.5 Å². The van der Waals surface area contributed by atoms with Crippen molar-refractivity contribution in [3.63, 3.8) is 0 Å². The molecule has 3 rings (SSSR count). The number of likely N-dealkylation sites (tertiary alicyclic amines) is 1. The molecule has 1 aromatic rings. The third-order valence-electron chi connectivity index (χ3n) is 6.86. The molecule has 0 unspecified atom stereocenters. The molecule has 1 aliphatic heterocycles. The molecule has 1 aromatic carbocycles. The molecule has 1 N–H and O–H groups in total. The Morgan fingerprint density at radius 2 is 1.90 bits per heavy atom. The number of ether oxygens (including phenoxy) is 1. The Morgan fingerprint density at radius 1 is 1.20 bits per heavy atom. The smallest absolute Gasteiger partial charge is 0.323 e. The van der Waals surface area contributed by atoms with Gasteiger partial charge in [-0.2, -0.15) is 0 Å². The number of carbonyl (C=O) groups excluding carboxylic acids is 2. The van der Waals surface area contributed by atoms with Crippen LogP contribution in [0.15, 0.2) is 35.4 Å². The Kier molecular flexibility index (Phi) is 7.02. The summed E-state index contributed by atoms with van der Waals surface area (Å²) in [5.74, 6) is -0.298. The molecule has 0 saturated carbocycles. The van der Waals surface area contributed by atoms with Crippen molar-refractivity contribution >= 4 is 11.9 Å². The lowest BCUT2D eigenvalue weighted by Crippen LogP contribution is -2.39. The molecule has 0 bridgehead atoms. The summed E-state index contributed by atoms with van der Waals surface area (Å²) >= 11 is 0. The van der Waals surface area contributed by atoms with Crippen LogP contribution in [-0.2, 0) is 9.53 Å². The molecule has 1 saturated heterocycles. The predicted octanol–water partition coefficient (Wildman–Crippen LogP) is 4.26. The van der Waals surface area contributed by atoms with Crippen LogP contribution in [0.3, 0.4) is 0 Å². The first-order valence-corrected chi connectivity index (χ1v) is 11.1. The minimum Gasteiger partial charge on any atom is -0.468 e. The molecule has 164 valence electrons. The van der Waals surface area contributed by atoms with Crippen LogP contribution in [0, 0.1) is 12.3 Å². The first kappa shape index (κ1) is 22.5. The summed E-state index contributed by atoms with van der Waals surface area (Å²) in [6, 6.07) is 7.21. The van der Waals surface area contributed by atoms with Gasteiger partial charge in [0.25, 0.3) is 5.91 Å². The van der Waals surface area contributed by atoms with Gasteiger partial charge in [-0.15, -0.1) is 0 Å². The van der Waals surface area contributed by atoms with E-state index < -0.39 is 0 Å². The van der Waals surface area contributed by atoms with E-state index in [4.69, 9.17) is 4.74 Å². The number of nitrogens with one attached hydrogen (secondary N) is 1. The van der Waals surface area contributed by atoms with E-state index >= 15 is 0 Å². The van der Waals surface area contributed by atoms with Crippen molar-refractivity contribution in [3.05, 3.63) is 46.5 Å². The molecular weight excluding hydrogens is 376 g/mol. The maximum absolute atomic E-state index is 12.6. The quantitative estimate of drug-likeness (QED) is 0.560. The molecule has 1 aliphatic carbocycles. The van der Waals surface area contributed by atoms with Gasteiger partial charge in [0.05, 0.1) is 7.11 Å². The summed E-state index contributed by atoms with van der Waals surface area (Å²) in [4.78, 5) is 27.3. The Morgan fingerprint density at radius 3 is 2.53 bits per heavy atom. The van der Waals surface area contributed by atoms with Crippen molar-refractivity contribution in [1.29, 1.82) is 0 Å². The summed E-state index contributed by atoms with van der Waals surface area (Å²) in [5, 5.41) is 3.12. The first-order valence-electron chi connectivity index (χ1n) is 11.1. The predicted molar refractivity (Wildman–Crippen MR) is 119 cm³/mol. The summed E-state index contributed by atoms with van der Waals surface area (Å²) in [7, 11) is 1.44. The van der Waals surface area contributed by atoms with E-state index in [1.807, 2.05) is 31.2 Å². The van der Waals surface area contributed by atoms with Gasteiger partial charge in [-0.1, -0.05) is 42.7 Å². The minimum atomic E-state index is -0.300. The second-order valence-electron chi connectivity index (χ2n) is 9.55.